The van der Waals surface area contributed by atoms with E-state index in [0.29, 0.717) is 12.3 Å². The molecule has 3 aromatic rings. The first-order valence-electron chi connectivity index (χ1n) is 7.18. The molecule has 0 N–H and O–H groups in total. The lowest BCUT2D eigenvalue weighted by Crippen LogP contribution is -2.06. The number of halogens is 11. The van der Waals surface area contributed by atoms with Gasteiger partial charge in [-0.3, -0.25) is 4.98 Å². The van der Waals surface area contributed by atoms with E-state index in [2.05, 4.69) is 4.98 Å². The molecule has 152 valence electrons. The third-order valence-electron chi connectivity index (χ3n) is 3.79. The molecule has 0 amide bonds. The lowest BCUT2D eigenvalue weighted by Gasteiger charge is -2.12. The highest BCUT2D eigenvalue weighted by Gasteiger charge is 2.30. The maximum absolute atomic E-state index is 13.9. The molecule has 0 bridgehead atoms. The predicted octanol–water partition coefficient (Wildman–Crippen LogP) is 6.46. The Morgan fingerprint density at radius 1 is 0.517 bits per heavy atom. The van der Waals surface area contributed by atoms with Gasteiger partial charge in [0.2, 0.25) is 11.6 Å². The SMILES string of the molecule is Fc1c(F)c(F)c(-c2cnc(-c3c(F)c(F)c(F)c(F)c3F)c(Cl)c2)c(F)c1F. The van der Waals surface area contributed by atoms with Crippen molar-refractivity contribution in [2.75, 3.05) is 0 Å². The summed E-state index contributed by atoms with van der Waals surface area (Å²) in [4.78, 5) is 3.28. The highest BCUT2D eigenvalue weighted by atomic mass is 35.5. The fourth-order valence-corrected chi connectivity index (χ4v) is 2.69. The third-order valence-corrected chi connectivity index (χ3v) is 4.07. The summed E-state index contributed by atoms with van der Waals surface area (Å²) in [6.07, 6.45) is 0.386. The summed E-state index contributed by atoms with van der Waals surface area (Å²) >= 11 is 5.68. The van der Waals surface area contributed by atoms with E-state index in [1.54, 1.807) is 0 Å². The van der Waals surface area contributed by atoms with Crippen molar-refractivity contribution in [2.45, 2.75) is 0 Å². The number of hydrogen-bond acceptors (Lipinski definition) is 1. The Balaban J connectivity index is 2.26. The molecule has 0 aliphatic heterocycles. The first-order valence-corrected chi connectivity index (χ1v) is 7.55. The van der Waals surface area contributed by atoms with Crippen molar-refractivity contribution < 1.29 is 43.9 Å². The van der Waals surface area contributed by atoms with Gasteiger partial charge in [-0.2, -0.15) is 0 Å². The minimum atomic E-state index is -2.45. The molecular weight excluding hydrogens is 444 g/mol. The molecule has 1 aromatic heterocycles. The van der Waals surface area contributed by atoms with E-state index in [1.165, 1.54) is 0 Å². The molecule has 0 atom stereocenters. The lowest BCUT2D eigenvalue weighted by molar-refractivity contribution is 0.381. The van der Waals surface area contributed by atoms with Crippen molar-refractivity contribution in [2.24, 2.45) is 0 Å². The van der Waals surface area contributed by atoms with Crippen LogP contribution in [0.1, 0.15) is 0 Å². The number of rotatable bonds is 2. The molecule has 0 saturated heterocycles. The van der Waals surface area contributed by atoms with Gasteiger partial charge < -0.3 is 0 Å². The topological polar surface area (TPSA) is 12.9 Å². The van der Waals surface area contributed by atoms with Gasteiger partial charge in [-0.1, -0.05) is 11.6 Å². The molecule has 1 heterocycles. The number of benzene rings is 2. The first kappa shape index (κ1) is 20.9. The van der Waals surface area contributed by atoms with Crippen LogP contribution in [-0.4, -0.2) is 4.98 Å². The molecule has 1 nitrogen and oxygen atoms in total. The van der Waals surface area contributed by atoms with Crippen LogP contribution in [0.25, 0.3) is 22.4 Å². The van der Waals surface area contributed by atoms with Crippen molar-refractivity contribution in [3.63, 3.8) is 0 Å². The normalized spacial score (nSPS) is 11.3. The molecule has 0 aliphatic carbocycles. The van der Waals surface area contributed by atoms with Gasteiger partial charge in [-0.25, -0.2) is 43.9 Å². The molecule has 0 fully saturated rings. The molecule has 0 aliphatic rings. The summed E-state index contributed by atoms with van der Waals surface area (Å²) in [5.74, 6) is -23.1. The molecule has 29 heavy (non-hydrogen) atoms. The van der Waals surface area contributed by atoms with E-state index < -0.39 is 85.6 Å². The smallest absolute Gasteiger partial charge is 0.200 e. The van der Waals surface area contributed by atoms with Gasteiger partial charge in [0, 0.05) is 11.8 Å². The molecule has 2 aromatic carbocycles. The molecule has 3 rings (SSSR count). The Labute approximate surface area is 159 Å². The van der Waals surface area contributed by atoms with Crippen LogP contribution in [0.2, 0.25) is 5.02 Å². The minimum absolute atomic E-state index is 0.386. The first-order chi connectivity index (χ1) is 13.5. The second-order valence-corrected chi connectivity index (χ2v) is 5.85. The van der Waals surface area contributed by atoms with Crippen molar-refractivity contribution in [3.8, 4) is 22.4 Å². The van der Waals surface area contributed by atoms with Crippen molar-refractivity contribution >= 4 is 11.6 Å². The van der Waals surface area contributed by atoms with Crippen LogP contribution < -0.4 is 0 Å². The van der Waals surface area contributed by atoms with Crippen LogP contribution in [0.3, 0.4) is 0 Å². The number of aromatic nitrogens is 1. The van der Waals surface area contributed by atoms with E-state index >= 15 is 0 Å². The van der Waals surface area contributed by atoms with Crippen LogP contribution in [0, 0.1) is 58.2 Å². The van der Waals surface area contributed by atoms with Gasteiger partial charge in [-0.05, 0) is 6.07 Å². The zero-order valence-electron chi connectivity index (χ0n) is 13.3. The summed E-state index contributed by atoms with van der Waals surface area (Å²) in [6.45, 7) is 0. The maximum Gasteiger partial charge on any atom is 0.200 e. The van der Waals surface area contributed by atoms with E-state index in [-0.39, 0.29) is 0 Å². The summed E-state index contributed by atoms with van der Waals surface area (Å²) in [7, 11) is 0. The Bertz CT molecular complexity index is 1120. The quantitative estimate of drug-likeness (QED) is 0.251. The van der Waals surface area contributed by atoms with Gasteiger partial charge in [0.1, 0.15) is 0 Å². The zero-order chi connectivity index (χ0) is 21.8. The molecule has 0 saturated carbocycles. The Morgan fingerprint density at radius 2 is 0.862 bits per heavy atom. The van der Waals surface area contributed by atoms with Gasteiger partial charge in [0.05, 0.1) is 21.8 Å². The average molecular weight is 446 g/mol. The molecular formula is C17H2ClF10N. The fourth-order valence-electron chi connectivity index (χ4n) is 2.43. The molecule has 0 spiro atoms. The van der Waals surface area contributed by atoms with Gasteiger partial charge in [-0.15, -0.1) is 0 Å². The number of pyridine rings is 1. The monoisotopic (exact) mass is 445 g/mol. The van der Waals surface area contributed by atoms with Crippen LogP contribution in [-0.2, 0) is 0 Å². The predicted molar refractivity (Wildman–Crippen MR) is 79.7 cm³/mol. The van der Waals surface area contributed by atoms with Crippen molar-refractivity contribution in [1.29, 1.82) is 0 Å². The summed E-state index contributed by atoms with van der Waals surface area (Å²) in [6, 6.07) is 0.486. The second-order valence-electron chi connectivity index (χ2n) is 5.44. The zero-order valence-corrected chi connectivity index (χ0v) is 14.0. The van der Waals surface area contributed by atoms with Crippen LogP contribution in [0.5, 0.6) is 0 Å². The van der Waals surface area contributed by atoms with Crippen LogP contribution >= 0.6 is 11.6 Å². The minimum Gasteiger partial charge on any atom is -0.254 e. The second kappa shape index (κ2) is 7.21. The third kappa shape index (κ3) is 3.09. The summed E-state index contributed by atoms with van der Waals surface area (Å²) in [5.41, 5.74) is -4.84. The Morgan fingerprint density at radius 3 is 1.24 bits per heavy atom. The van der Waals surface area contributed by atoms with E-state index in [9.17, 15) is 43.9 Å². The van der Waals surface area contributed by atoms with Gasteiger partial charge in [0.25, 0.3) is 0 Å². The average Bonchev–Trinajstić information content (AvgIpc) is 2.69. The highest BCUT2D eigenvalue weighted by Crippen LogP contribution is 2.38. The summed E-state index contributed by atoms with van der Waals surface area (Å²) in [5, 5.41) is -0.894. The summed E-state index contributed by atoms with van der Waals surface area (Å²) < 4.78 is 135. The van der Waals surface area contributed by atoms with E-state index in [0.717, 1.165) is 0 Å². The van der Waals surface area contributed by atoms with Crippen LogP contribution in [0.15, 0.2) is 12.3 Å². The fraction of sp³-hybridized carbons (Fsp3) is 0. The lowest BCUT2D eigenvalue weighted by atomic mass is 10.0. The Kier molecular flexibility index (Phi) is 5.20. The molecule has 12 heteroatoms. The molecule has 0 unspecified atom stereocenters. The largest absolute Gasteiger partial charge is 0.254 e. The maximum atomic E-state index is 13.9. The van der Waals surface area contributed by atoms with E-state index in [4.69, 9.17) is 11.6 Å². The Hall–Kier alpha value is -2.82. The van der Waals surface area contributed by atoms with Gasteiger partial charge >= 0.3 is 0 Å². The number of nitrogens with zero attached hydrogens (tertiary/aromatic N) is 1. The van der Waals surface area contributed by atoms with Gasteiger partial charge in [0.15, 0.2) is 46.5 Å². The number of hydrogen-bond donors (Lipinski definition) is 0. The van der Waals surface area contributed by atoms with Crippen molar-refractivity contribution in [3.05, 3.63) is 75.5 Å². The standard InChI is InChI=1S/C17H2ClF10N/c18-4-1-3(5-7(19)11(23)15(27)12(24)8(5)20)2-29-17(4)6-9(21)13(25)16(28)14(26)10(6)22/h1-2H. The van der Waals surface area contributed by atoms with E-state index in [1.807, 2.05) is 0 Å². The van der Waals surface area contributed by atoms with Crippen molar-refractivity contribution in [1.82, 2.24) is 4.98 Å². The highest BCUT2D eigenvalue weighted by molar-refractivity contribution is 6.33. The molecule has 0 radical (unpaired) electrons. The van der Waals surface area contributed by atoms with Crippen LogP contribution in [0.4, 0.5) is 43.9 Å².